The van der Waals surface area contributed by atoms with E-state index in [-0.39, 0.29) is 22.7 Å². The minimum absolute atomic E-state index is 0.0374. The van der Waals surface area contributed by atoms with Crippen LogP contribution in [0.15, 0.2) is 66.9 Å². The van der Waals surface area contributed by atoms with E-state index in [9.17, 15) is 10.1 Å². The van der Waals surface area contributed by atoms with Gasteiger partial charge in [0.05, 0.1) is 46.6 Å². The van der Waals surface area contributed by atoms with E-state index >= 15 is 0 Å². The van der Waals surface area contributed by atoms with Crippen molar-refractivity contribution in [2.45, 2.75) is 46.2 Å². The van der Waals surface area contributed by atoms with Crippen LogP contribution in [0.2, 0.25) is 5.02 Å². The summed E-state index contributed by atoms with van der Waals surface area (Å²) in [7, 11) is 1.50. The molecule has 45 heavy (non-hydrogen) atoms. The van der Waals surface area contributed by atoms with E-state index in [1.165, 1.54) is 19.6 Å². The predicted molar refractivity (Wildman–Crippen MR) is 183 cm³/mol. The number of piperidine rings is 1. The minimum atomic E-state index is -0.376. The first-order chi connectivity index (χ1) is 21.6. The number of benzene rings is 2. The number of aromatic nitrogens is 2. The van der Waals surface area contributed by atoms with Crippen molar-refractivity contribution in [3.05, 3.63) is 105 Å². The number of nitro groups is 1. The lowest BCUT2D eigenvalue weighted by molar-refractivity contribution is -0.384. The topological polar surface area (TPSA) is 88.7 Å². The average Bonchev–Trinajstić information content (AvgIpc) is 3.51. The number of nitro benzene ring substituents is 1. The molecule has 2 aliphatic heterocycles. The van der Waals surface area contributed by atoms with Gasteiger partial charge in [0.1, 0.15) is 11.4 Å². The zero-order chi connectivity index (χ0) is 32.0. The zero-order valence-corrected chi connectivity index (χ0v) is 27.6. The summed E-state index contributed by atoms with van der Waals surface area (Å²) in [4.78, 5) is 20.9. The third kappa shape index (κ3) is 5.73. The summed E-state index contributed by atoms with van der Waals surface area (Å²) < 4.78 is 7.21. The van der Waals surface area contributed by atoms with Crippen LogP contribution in [0.4, 0.5) is 17.1 Å². The van der Waals surface area contributed by atoms with Gasteiger partial charge in [-0.1, -0.05) is 31.5 Å². The molecule has 0 spiro atoms. The molecule has 2 aromatic heterocycles. The number of ether oxygens (including phenoxy) is 1. The molecule has 2 aliphatic rings. The lowest BCUT2D eigenvalue weighted by atomic mass is 9.91. The van der Waals surface area contributed by atoms with Crippen molar-refractivity contribution < 1.29 is 9.66 Å². The molecule has 0 amide bonds. The number of aryl methyl sites for hydroxylation is 1. The highest BCUT2D eigenvalue weighted by molar-refractivity contribution is 7.80. The van der Waals surface area contributed by atoms with Crippen molar-refractivity contribution in [3.8, 4) is 11.4 Å². The van der Waals surface area contributed by atoms with Gasteiger partial charge in [0.15, 0.2) is 5.11 Å². The molecule has 9 nitrogen and oxygen atoms in total. The molecule has 11 heteroatoms. The van der Waals surface area contributed by atoms with Crippen molar-refractivity contribution in [1.82, 2.24) is 14.9 Å². The fourth-order valence-electron chi connectivity index (χ4n) is 7.13. The van der Waals surface area contributed by atoms with Crippen molar-refractivity contribution in [3.63, 3.8) is 0 Å². The lowest BCUT2D eigenvalue weighted by Gasteiger charge is -2.37. The Morgan fingerprint density at radius 2 is 1.78 bits per heavy atom. The molecule has 2 saturated heterocycles. The standard InChI is InChI=1S/C34H37ClN6O3S/c1-20-14-21(2)19-38(18-20)29-11-9-24(16-27(29)35)40-33(32(37-34(40)45)28-8-6-7-13-36-28)26-15-22(3)39(23(26)4)30-12-10-25(44-5)17-31(30)41(42)43/h6-13,15-17,20-21,32-33H,14,18-19H2,1-5H3,(H,37,45). The molecule has 6 rings (SSSR count). The molecule has 0 aliphatic carbocycles. The van der Waals surface area contributed by atoms with Gasteiger partial charge in [-0.3, -0.25) is 15.1 Å². The van der Waals surface area contributed by atoms with Crippen LogP contribution in [0.5, 0.6) is 5.75 Å². The van der Waals surface area contributed by atoms with Crippen molar-refractivity contribution in [2.24, 2.45) is 11.8 Å². The third-order valence-electron chi connectivity index (χ3n) is 8.93. The van der Waals surface area contributed by atoms with E-state index < -0.39 is 0 Å². The molecule has 4 unspecified atom stereocenters. The average molecular weight is 645 g/mol. The Kier molecular flexibility index (Phi) is 8.45. The molecule has 0 bridgehead atoms. The summed E-state index contributed by atoms with van der Waals surface area (Å²) in [5.41, 5.74) is 5.85. The van der Waals surface area contributed by atoms with Crippen LogP contribution in [-0.2, 0) is 0 Å². The summed E-state index contributed by atoms with van der Waals surface area (Å²) in [6.45, 7) is 10.5. The van der Waals surface area contributed by atoms with E-state index in [1.54, 1.807) is 18.3 Å². The van der Waals surface area contributed by atoms with Gasteiger partial charge in [-0.2, -0.15) is 0 Å². The fraction of sp³-hybridized carbons (Fsp3) is 0.353. The first-order valence-electron chi connectivity index (χ1n) is 15.1. The van der Waals surface area contributed by atoms with Crippen LogP contribution < -0.4 is 19.9 Å². The number of hydrogen-bond acceptors (Lipinski definition) is 6. The number of anilines is 2. The Morgan fingerprint density at radius 3 is 2.42 bits per heavy atom. The summed E-state index contributed by atoms with van der Waals surface area (Å²) >= 11 is 13.0. The van der Waals surface area contributed by atoms with Crippen LogP contribution in [0.25, 0.3) is 5.69 Å². The number of methoxy groups -OCH3 is 1. The lowest BCUT2D eigenvalue weighted by Crippen LogP contribution is -2.38. The van der Waals surface area contributed by atoms with Gasteiger partial charge in [0, 0.05) is 36.4 Å². The first-order valence-corrected chi connectivity index (χ1v) is 15.9. The maximum atomic E-state index is 12.2. The fourth-order valence-corrected chi connectivity index (χ4v) is 7.77. The van der Waals surface area contributed by atoms with Crippen LogP contribution in [0.1, 0.15) is 55.0 Å². The van der Waals surface area contributed by atoms with Crippen molar-refractivity contribution in [2.75, 3.05) is 30.0 Å². The summed E-state index contributed by atoms with van der Waals surface area (Å²) in [5, 5.41) is 16.9. The molecule has 0 radical (unpaired) electrons. The highest BCUT2D eigenvalue weighted by Gasteiger charge is 2.43. The SMILES string of the molecule is COc1ccc(-n2c(C)cc(C3C(c4ccccn4)NC(=S)N3c3ccc(N4CC(C)CC(C)C4)c(Cl)c3)c2C)c([N+](=O)[O-])c1. The number of pyridine rings is 1. The molecule has 234 valence electrons. The van der Waals surface area contributed by atoms with Gasteiger partial charge >= 0.3 is 0 Å². The summed E-state index contributed by atoms with van der Waals surface area (Å²) in [5.74, 6) is 1.62. The van der Waals surface area contributed by atoms with Gasteiger partial charge in [-0.25, -0.2) is 0 Å². The molecule has 4 heterocycles. The Bertz CT molecular complexity index is 1750. The molecular weight excluding hydrogens is 608 g/mol. The third-order valence-corrected chi connectivity index (χ3v) is 9.54. The molecule has 2 aromatic carbocycles. The largest absolute Gasteiger partial charge is 0.496 e. The number of rotatable bonds is 7. The van der Waals surface area contributed by atoms with Crippen LogP contribution in [0, 0.1) is 35.8 Å². The highest BCUT2D eigenvalue weighted by Crippen LogP contribution is 2.46. The van der Waals surface area contributed by atoms with Gasteiger partial charge < -0.3 is 24.4 Å². The quantitative estimate of drug-likeness (QED) is 0.124. The van der Waals surface area contributed by atoms with Crippen molar-refractivity contribution in [1.29, 1.82) is 0 Å². The van der Waals surface area contributed by atoms with E-state index in [4.69, 9.17) is 28.6 Å². The van der Waals surface area contributed by atoms with E-state index in [2.05, 4.69) is 52.1 Å². The van der Waals surface area contributed by atoms with Gasteiger partial charge in [-0.15, -0.1) is 0 Å². The van der Waals surface area contributed by atoms with E-state index in [0.29, 0.717) is 33.4 Å². The second kappa shape index (κ2) is 12.3. The Hall–Kier alpha value is -4.15. The van der Waals surface area contributed by atoms with E-state index in [0.717, 1.165) is 47.1 Å². The van der Waals surface area contributed by atoms with Gasteiger partial charge in [0.25, 0.3) is 5.69 Å². The summed E-state index contributed by atoms with van der Waals surface area (Å²) in [6.07, 6.45) is 2.99. The second-order valence-electron chi connectivity index (χ2n) is 12.3. The number of nitrogens with zero attached hydrogens (tertiary/aromatic N) is 5. The zero-order valence-electron chi connectivity index (χ0n) is 26.0. The molecular formula is C34H37ClN6O3S. The molecule has 4 atom stereocenters. The van der Waals surface area contributed by atoms with Gasteiger partial charge in [0.2, 0.25) is 0 Å². The van der Waals surface area contributed by atoms with E-state index in [1.807, 2.05) is 42.7 Å². The maximum absolute atomic E-state index is 12.2. The molecule has 4 aromatic rings. The smallest absolute Gasteiger partial charge is 0.296 e. The Morgan fingerprint density at radius 1 is 1.04 bits per heavy atom. The molecule has 0 saturated carbocycles. The maximum Gasteiger partial charge on any atom is 0.296 e. The second-order valence-corrected chi connectivity index (χ2v) is 13.1. The number of halogens is 1. The van der Waals surface area contributed by atoms with Crippen LogP contribution >= 0.6 is 23.8 Å². The Balaban J connectivity index is 1.46. The number of thiocarbonyl (C=S) groups is 1. The first kappa shape index (κ1) is 30.9. The molecule has 2 fully saturated rings. The minimum Gasteiger partial charge on any atom is -0.496 e. The Labute approximate surface area is 273 Å². The normalized spacial score (nSPS) is 21.6. The monoisotopic (exact) mass is 644 g/mol. The number of nitrogens with one attached hydrogen (secondary N) is 1. The van der Waals surface area contributed by atoms with Crippen molar-refractivity contribution >= 4 is 46.0 Å². The van der Waals surface area contributed by atoms with Crippen LogP contribution in [-0.4, -0.2) is 39.8 Å². The molecule has 1 N–H and O–H groups in total. The highest BCUT2D eigenvalue weighted by atomic mass is 35.5. The summed E-state index contributed by atoms with van der Waals surface area (Å²) in [6, 6.07) is 18.4. The van der Waals surface area contributed by atoms with Gasteiger partial charge in [-0.05, 0) is 98.4 Å². The predicted octanol–water partition coefficient (Wildman–Crippen LogP) is 7.72. The number of hydrogen-bond donors (Lipinski definition) is 1. The van der Waals surface area contributed by atoms with Crippen LogP contribution in [0.3, 0.4) is 0 Å².